The molecule has 38 heavy (non-hydrogen) atoms. The molecule has 1 heterocycles. The number of esters is 2. The molecule has 0 bridgehead atoms. The number of benzene rings is 2. The quantitative estimate of drug-likeness (QED) is 0.388. The predicted octanol–water partition coefficient (Wildman–Crippen LogP) is 4.81. The SMILES string of the molecule is CCCCN1C(=O)NC(c2cccc(NC(=O)CCC(=O)OCC)c2)C(C(=O)OCC)=C1c1ccccc1. The second-order valence-electron chi connectivity index (χ2n) is 8.72. The van der Waals surface area contributed by atoms with E-state index < -0.39 is 18.0 Å². The largest absolute Gasteiger partial charge is 0.466 e. The number of nitrogens with zero attached hydrogens (tertiary/aromatic N) is 1. The van der Waals surface area contributed by atoms with Gasteiger partial charge in [-0.1, -0.05) is 55.8 Å². The van der Waals surface area contributed by atoms with Gasteiger partial charge >= 0.3 is 18.0 Å². The van der Waals surface area contributed by atoms with Gasteiger partial charge in [0.05, 0.1) is 36.9 Å². The van der Waals surface area contributed by atoms with Gasteiger partial charge in [0, 0.05) is 18.7 Å². The van der Waals surface area contributed by atoms with Gasteiger partial charge in [0.1, 0.15) is 0 Å². The van der Waals surface area contributed by atoms with Crippen molar-refractivity contribution < 1.29 is 28.7 Å². The molecule has 0 spiro atoms. The number of hydrogen-bond acceptors (Lipinski definition) is 6. The Morgan fingerprint density at radius 1 is 0.947 bits per heavy atom. The Balaban J connectivity index is 2.01. The zero-order valence-electron chi connectivity index (χ0n) is 22.1. The van der Waals surface area contributed by atoms with Crippen LogP contribution < -0.4 is 10.6 Å². The third-order valence-corrected chi connectivity index (χ3v) is 5.97. The monoisotopic (exact) mass is 521 g/mol. The first-order valence-corrected chi connectivity index (χ1v) is 13.0. The molecule has 3 amide bonds. The minimum Gasteiger partial charge on any atom is -0.466 e. The van der Waals surface area contributed by atoms with Gasteiger partial charge in [-0.15, -0.1) is 0 Å². The number of ether oxygens (including phenoxy) is 2. The van der Waals surface area contributed by atoms with Crippen molar-refractivity contribution >= 4 is 35.3 Å². The van der Waals surface area contributed by atoms with Crippen LogP contribution in [0.1, 0.15) is 63.6 Å². The number of amides is 3. The molecular weight excluding hydrogens is 486 g/mol. The normalized spacial score (nSPS) is 15.1. The van der Waals surface area contributed by atoms with Crippen molar-refractivity contribution in [2.24, 2.45) is 0 Å². The van der Waals surface area contributed by atoms with Crippen LogP contribution >= 0.6 is 0 Å². The fourth-order valence-electron chi connectivity index (χ4n) is 4.24. The molecule has 1 aliphatic rings. The van der Waals surface area contributed by atoms with Crippen molar-refractivity contribution in [2.75, 3.05) is 25.1 Å². The van der Waals surface area contributed by atoms with Gasteiger partial charge in [-0.05, 0) is 43.5 Å². The lowest BCUT2D eigenvalue weighted by Gasteiger charge is -2.37. The first-order valence-electron chi connectivity index (χ1n) is 13.0. The molecule has 202 valence electrons. The number of carbonyl (C=O) groups is 4. The average Bonchev–Trinajstić information content (AvgIpc) is 2.91. The smallest absolute Gasteiger partial charge is 0.338 e. The number of urea groups is 1. The molecule has 9 nitrogen and oxygen atoms in total. The highest BCUT2D eigenvalue weighted by atomic mass is 16.5. The molecule has 2 aromatic rings. The summed E-state index contributed by atoms with van der Waals surface area (Å²) in [7, 11) is 0. The molecule has 0 aromatic heterocycles. The third kappa shape index (κ3) is 7.21. The first kappa shape index (κ1) is 28.4. The van der Waals surface area contributed by atoms with Crippen LogP contribution in [-0.4, -0.2) is 48.5 Å². The maximum Gasteiger partial charge on any atom is 0.338 e. The van der Waals surface area contributed by atoms with Gasteiger partial charge in [0.15, 0.2) is 0 Å². The molecule has 9 heteroatoms. The second kappa shape index (κ2) is 14.0. The van der Waals surface area contributed by atoms with Gasteiger partial charge in [0.25, 0.3) is 0 Å². The van der Waals surface area contributed by atoms with E-state index in [2.05, 4.69) is 10.6 Å². The Bertz CT molecular complexity index is 1180. The number of nitrogens with one attached hydrogen (secondary N) is 2. The van der Waals surface area contributed by atoms with E-state index in [0.29, 0.717) is 29.1 Å². The lowest BCUT2D eigenvalue weighted by atomic mass is 9.91. The average molecular weight is 522 g/mol. The molecule has 0 fully saturated rings. The fraction of sp³-hybridized carbons (Fsp3) is 0.379. The molecule has 0 radical (unpaired) electrons. The molecular formula is C29H35N3O6. The Morgan fingerprint density at radius 2 is 1.68 bits per heavy atom. The van der Waals surface area contributed by atoms with Gasteiger partial charge in [-0.3, -0.25) is 14.5 Å². The minimum absolute atomic E-state index is 0.0260. The summed E-state index contributed by atoms with van der Waals surface area (Å²) in [5.41, 5.74) is 2.64. The van der Waals surface area contributed by atoms with Crippen molar-refractivity contribution in [3.05, 3.63) is 71.3 Å². The summed E-state index contributed by atoms with van der Waals surface area (Å²) in [4.78, 5) is 52.4. The van der Waals surface area contributed by atoms with E-state index >= 15 is 0 Å². The van der Waals surface area contributed by atoms with Gasteiger partial charge in [-0.25, -0.2) is 9.59 Å². The topological polar surface area (TPSA) is 114 Å². The molecule has 1 aliphatic heterocycles. The molecule has 2 aromatic carbocycles. The summed E-state index contributed by atoms with van der Waals surface area (Å²) in [6, 6.07) is 15.1. The standard InChI is InChI=1S/C29H35N3O6/c1-4-7-18-32-27(20-12-9-8-10-13-20)25(28(35)38-6-3)26(31-29(32)36)21-14-11-15-22(19-21)30-23(33)16-17-24(34)37-5-2/h8-15,19,26H,4-7,16-18H2,1-3H3,(H,30,33)(H,31,36). The lowest BCUT2D eigenvalue weighted by Crippen LogP contribution is -2.48. The minimum atomic E-state index is -0.800. The molecule has 0 saturated heterocycles. The molecule has 1 unspecified atom stereocenters. The van der Waals surface area contributed by atoms with Crippen LogP contribution in [0.5, 0.6) is 0 Å². The molecule has 2 N–H and O–H groups in total. The van der Waals surface area contributed by atoms with Crippen LogP contribution in [0.25, 0.3) is 5.70 Å². The highest BCUT2D eigenvalue weighted by Gasteiger charge is 2.38. The fourth-order valence-corrected chi connectivity index (χ4v) is 4.24. The molecule has 0 saturated carbocycles. The highest BCUT2D eigenvalue weighted by molar-refractivity contribution is 6.04. The number of anilines is 1. The van der Waals surface area contributed by atoms with Crippen molar-refractivity contribution in [3.8, 4) is 0 Å². The van der Waals surface area contributed by atoms with Crippen LogP contribution in [-0.2, 0) is 23.9 Å². The second-order valence-corrected chi connectivity index (χ2v) is 8.72. The van der Waals surface area contributed by atoms with E-state index in [1.165, 1.54) is 0 Å². The van der Waals surface area contributed by atoms with Gasteiger partial charge in [-0.2, -0.15) is 0 Å². The van der Waals surface area contributed by atoms with E-state index in [0.717, 1.165) is 18.4 Å². The van der Waals surface area contributed by atoms with Crippen molar-refractivity contribution in [2.45, 2.75) is 52.5 Å². The van der Waals surface area contributed by atoms with E-state index in [1.54, 1.807) is 43.0 Å². The number of rotatable bonds is 12. The molecule has 1 atom stereocenters. The van der Waals surface area contributed by atoms with E-state index in [4.69, 9.17) is 9.47 Å². The van der Waals surface area contributed by atoms with Crippen molar-refractivity contribution in [1.29, 1.82) is 0 Å². The molecule has 3 rings (SSSR count). The van der Waals surface area contributed by atoms with Crippen LogP contribution in [0.4, 0.5) is 10.5 Å². The Kier molecular flexibility index (Phi) is 10.5. The summed E-state index contributed by atoms with van der Waals surface area (Å²) in [6.07, 6.45) is 1.59. The number of unbranched alkanes of at least 4 members (excludes halogenated alkanes) is 1. The van der Waals surface area contributed by atoms with Crippen LogP contribution in [0.2, 0.25) is 0 Å². The maximum atomic E-state index is 13.4. The zero-order chi connectivity index (χ0) is 27.5. The van der Waals surface area contributed by atoms with E-state index in [-0.39, 0.29) is 38.0 Å². The van der Waals surface area contributed by atoms with E-state index in [9.17, 15) is 19.2 Å². The number of carbonyl (C=O) groups excluding carboxylic acids is 4. The Hall–Kier alpha value is -4.14. The lowest BCUT2D eigenvalue weighted by molar-refractivity contribution is -0.144. The van der Waals surface area contributed by atoms with Crippen molar-refractivity contribution in [1.82, 2.24) is 10.2 Å². The summed E-state index contributed by atoms with van der Waals surface area (Å²) in [6.45, 7) is 6.36. The first-order chi connectivity index (χ1) is 18.4. The molecule has 0 aliphatic carbocycles. The van der Waals surface area contributed by atoms with Crippen LogP contribution in [0.15, 0.2) is 60.2 Å². The van der Waals surface area contributed by atoms with Gasteiger partial charge < -0.3 is 20.1 Å². The van der Waals surface area contributed by atoms with Gasteiger partial charge in [0.2, 0.25) is 5.91 Å². The summed E-state index contributed by atoms with van der Waals surface area (Å²) in [5, 5.41) is 5.75. The third-order valence-electron chi connectivity index (χ3n) is 5.97. The Labute approximate surface area is 223 Å². The zero-order valence-corrected chi connectivity index (χ0v) is 22.1. The summed E-state index contributed by atoms with van der Waals surface area (Å²) >= 11 is 0. The summed E-state index contributed by atoms with van der Waals surface area (Å²) in [5.74, 6) is -1.31. The highest BCUT2D eigenvalue weighted by Crippen LogP contribution is 2.37. The van der Waals surface area contributed by atoms with Crippen molar-refractivity contribution in [3.63, 3.8) is 0 Å². The Morgan fingerprint density at radius 3 is 2.37 bits per heavy atom. The number of hydrogen-bond donors (Lipinski definition) is 2. The van der Waals surface area contributed by atoms with E-state index in [1.807, 2.05) is 37.3 Å². The van der Waals surface area contributed by atoms with Crippen LogP contribution in [0, 0.1) is 0 Å². The maximum absolute atomic E-state index is 13.4. The summed E-state index contributed by atoms with van der Waals surface area (Å²) < 4.78 is 10.3. The van der Waals surface area contributed by atoms with Crippen LogP contribution in [0.3, 0.4) is 0 Å². The predicted molar refractivity (Wildman–Crippen MR) is 144 cm³/mol.